The lowest BCUT2D eigenvalue weighted by atomic mass is 10.0. The van der Waals surface area contributed by atoms with Crippen LogP contribution in [0.5, 0.6) is 0 Å². The van der Waals surface area contributed by atoms with Crippen molar-refractivity contribution in [1.82, 2.24) is 0 Å². The first-order valence-corrected chi connectivity index (χ1v) is 5.32. The van der Waals surface area contributed by atoms with Gasteiger partial charge >= 0.3 is 5.97 Å². The van der Waals surface area contributed by atoms with Gasteiger partial charge in [0.05, 0.1) is 6.61 Å². The van der Waals surface area contributed by atoms with Crippen LogP contribution in [0.2, 0.25) is 0 Å². The molecule has 0 saturated carbocycles. The van der Waals surface area contributed by atoms with Crippen molar-refractivity contribution in [3.63, 3.8) is 0 Å². The smallest absolute Gasteiger partial charge is 0.303 e. The number of hydrogen-bond donors (Lipinski definition) is 3. The Morgan fingerprint density at radius 3 is 2.53 bits per heavy atom. The van der Waals surface area contributed by atoms with Crippen LogP contribution in [0.25, 0.3) is 0 Å². The Labute approximate surface area is 94.9 Å². The van der Waals surface area contributed by atoms with Gasteiger partial charge in [0, 0.05) is 6.92 Å². The average Bonchev–Trinajstić information content (AvgIpc) is 2.18. The number of halogens is 1. The summed E-state index contributed by atoms with van der Waals surface area (Å²) in [6.45, 7) is 0.768. The fraction of sp³-hybridized carbons (Fsp3) is 0.875. The van der Waals surface area contributed by atoms with E-state index in [1.54, 1.807) is 0 Å². The van der Waals surface area contributed by atoms with Crippen LogP contribution in [-0.4, -0.2) is 57.3 Å². The van der Waals surface area contributed by atoms with Crippen LogP contribution in [0, 0.1) is 0 Å². The Kier molecular flexibility index (Phi) is 4.47. The molecule has 5 atom stereocenters. The molecule has 0 aromatic heterocycles. The van der Waals surface area contributed by atoms with Crippen LogP contribution < -0.4 is 0 Å². The van der Waals surface area contributed by atoms with E-state index in [0.717, 1.165) is 0 Å². The van der Waals surface area contributed by atoms with Gasteiger partial charge < -0.3 is 24.8 Å². The highest BCUT2D eigenvalue weighted by molar-refractivity contribution is 9.09. The second-order valence-corrected chi connectivity index (χ2v) is 4.17. The number of ether oxygens (including phenoxy) is 2. The molecule has 3 N–H and O–H groups in total. The second-order valence-electron chi connectivity index (χ2n) is 3.26. The van der Waals surface area contributed by atoms with Gasteiger partial charge in [0.2, 0.25) is 0 Å². The van der Waals surface area contributed by atoms with Crippen molar-refractivity contribution in [2.75, 3.05) is 6.61 Å². The predicted octanol–water partition coefficient (Wildman–Crippen LogP) is -1.25. The third-order valence-corrected chi connectivity index (χ3v) is 2.85. The summed E-state index contributed by atoms with van der Waals surface area (Å²) in [6.07, 6.45) is -4.45. The van der Waals surface area contributed by atoms with Crippen molar-refractivity contribution in [2.45, 2.75) is 36.4 Å². The number of carbonyl (C=O) groups excluding carboxylic acids is 1. The van der Waals surface area contributed by atoms with E-state index in [2.05, 4.69) is 15.9 Å². The number of alkyl halides is 1. The van der Waals surface area contributed by atoms with E-state index in [4.69, 9.17) is 14.6 Å². The molecule has 6 nitrogen and oxygen atoms in total. The van der Waals surface area contributed by atoms with Gasteiger partial charge in [0.25, 0.3) is 0 Å². The maximum Gasteiger partial charge on any atom is 0.303 e. The number of aliphatic hydroxyl groups excluding tert-OH is 3. The van der Waals surface area contributed by atoms with E-state index >= 15 is 0 Å². The summed E-state index contributed by atoms with van der Waals surface area (Å²) >= 11 is 3.05. The predicted molar refractivity (Wildman–Crippen MR) is 52.2 cm³/mol. The Bertz CT molecular complexity index is 235. The molecule has 0 aromatic carbocycles. The minimum absolute atomic E-state index is 0.423. The molecule has 1 aliphatic heterocycles. The van der Waals surface area contributed by atoms with Gasteiger partial charge in [-0.1, -0.05) is 15.9 Å². The summed E-state index contributed by atoms with van der Waals surface area (Å²) in [6, 6.07) is 0. The summed E-state index contributed by atoms with van der Waals surface area (Å²) < 4.78 is 9.89. The lowest BCUT2D eigenvalue weighted by Crippen LogP contribution is -2.58. The van der Waals surface area contributed by atoms with Crippen molar-refractivity contribution in [3.8, 4) is 0 Å². The lowest BCUT2D eigenvalue weighted by Gasteiger charge is -2.39. The zero-order valence-electron chi connectivity index (χ0n) is 8.04. The Balaban J connectivity index is 2.70. The molecular formula is C8H13BrO6. The molecule has 1 rings (SSSR count). The van der Waals surface area contributed by atoms with Crippen molar-refractivity contribution in [2.24, 2.45) is 0 Å². The molecule has 0 amide bonds. The molecule has 1 heterocycles. The molecular weight excluding hydrogens is 272 g/mol. The third kappa shape index (κ3) is 2.88. The fourth-order valence-corrected chi connectivity index (χ4v) is 2.06. The summed E-state index contributed by atoms with van der Waals surface area (Å²) in [5.74, 6) is -0.582. The van der Waals surface area contributed by atoms with Crippen molar-refractivity contribution < 1.29 is 29.6 Å². The normalized spacial score (nSPS) is 41.3. The Morgan fingerprint density at radius 1 is 1.47 bits per heavy atom. The molecule has 0 spiro atoms. The van der Waals surface area contributed by atoms with Gasteiger partial charge in [-0.05, 0) is 0 Å². The van der Waals surface area contributed by atoms with Crippen LogP contribution in [0.1, 0.15) is 6.92 Å². The van der Waals surface area contributed by atoms with Gasteiger partial charge in [-0.2, -0.15) is 0 Å². The van der Waals surface area contributed by atoms with Crippen LogP contribution >= 0.6 is 15.9 Å². The van der Waals surface area contributed by atoms with E-state index in [1.807, 2.05) is 0 Å². The van der Waals surface area contributed by atoms with Gasteiger partial charge in [-0.25, -0.2) is 0 Å². The average molecular weight is 285 g/mol. The standard InChI is InChI=1S/C8H13BrO6/c1-3(11)14-7-6(13)5(12)4(2-10)15-8(7)9/h4-8,10,12-13H,2H2,1H3/t4-,5+,6+,7-,8?/m1/s1. The molecule has 1 fully saturated rings. The van der Waals surface area contributed by atoms with Crippen LogP contribution in [0.4, 0.5) is 0 Å². The summed E-state index contributed by atoms with van der Waals surface area (Å²) in [5.41, 5.74) is 0. The fourth-order valence-electron chi connectivity index (χ4n) is 1.36. The minimum Gasteiger partial charge on any atom is -0.456 e. The van der Waals surface area contributed by atoms with Crippen molar-refractivity contribution in [3.05, 3.63) is 0 Å². The number of rotatable bonds is 2. The summed E-state index contributed by atoms with van der Waals surface area (Å²) in [5, 5.41) is 27.2. The number of aliphatic hydroxyl groups is 3. The van der Waals surface area contributed by atoms with E-state index in [9.17, 15) is 15.0 Å². The van der Waals surface area contributed by atoms with Gasteiger partial charge in [-0.15, -0.1) is 0 Å². The number of carbonyl (C=O) groups is 1. The molecule has 1 aliphatic rings. The van der Waals surface area contributed by atoms with Crippen LogP contribution in [-0.2, 0) is 14.3 Å². The number of hydrogen-bond acceptors (Lipinski definition) is 6. The molecule has 1 saturated heterocycles. The largest absolute Gasteiger partial charge is 0.456 e. The highest BCUT2D eigenvalue weighted by Gasteiger charge is 2.45. The van der Waals surface area contributed by atoms with Crippen molar-refractivity contribution >= 4 is 21.9 Å². The van der Waals surface area contributed by atoms with Crippen LogP contribution in [0.3, 0.4) is 0 Å². The topological polar surface area (TPSA) is 96.2 Å². The second kappa shape index (κ2) is 5.22. The Hall–Kier alpha value is -0.210. The molecule has 1 unspecified atom stereocenters. The molecule has 0 aromatic rings. The molecule has 0 bridgehead atoms. The lowest BCUT2D eigenvalue weighted by molar-refractivity contribution is -0.216. The van der Waals surface area contributed by atoms with E-state index < -0.39 is 42.0 Å². The van der Waals surface area contributed by atoms with E-state index in [0.29, 0.717) is 0 Å². The quantitative estimate of drug-likeness (QED) is 0.433. The molecule has 15 heavy (non-hydrogen) atoms. The molecule has 88 valence electrons. The van der Waals surface area contributed by atoms with E-state index in [-0.39, 0.29) is 0 Å². The maximum absolute atomic E-state index is 10.7. The highest BCUT2D eigenvalue weighted by atomic mass is 79.9. The number of esters is 1. The molecule has 0 aliphatic carbocycles. The van der Waals surface area contributed by atoms with Gasteiger partial charge in [-0.3, -0.25) is 4.79 Å². The maximum atomic E-state index is 10.7. The zero-order chi connectivity index (χ0) is 11.6. The van der Waals surface area contributed by atoms with Crippen molar-refractivity contribution in [1.29, 1.82) is 0 Å². The van der Waals surface area contributed by atoms with Gasteiger partial charge in [0.1, 0.15) is 18.3 Å². The summed E-state index contributed by atoms with van der Waals surface area (Å²) in [4.78, 5) is 10.7. The first kappa shape index (κ1) is 12.9. The summed E-state index contributed by atoms with van der Waals surface area (Å²) in [7, 11) is 0. The first-order valence-electron chi connectivity index (χ1n) is 4.41. The monoisotopic (exact) mass is 284 g/mol. The Morgan fingerprint density at radius 2 is 2.07 bits per heavy atom. The zero-order valence-corrected chi connectivity index (χ0v) is 9.62. The van der Waals surface area contributed by atoms with Crippen LogP contribution in [0.15, 0.2) is 0 Å². The molecule has 7 heteroatoms. The third-order valence-electron chi connectivity index (χ3n) is 2.11. The van der Waals surface area contributed by atoms with Gasteiger partial charge in [0.15, 0.2) is 11.1 Å². The van der Waals surface area contributed by atoms with E-state index in [1.165, 1.54) is 6.92 Å². The highest BCUT2D eigenvalue weighted by Crippen LogP contribution is 2.26. The first-order chi connectivity index (χ1) is 6.97. The SMILES string of the molecule is CC(=O)O[C@H]1C(Br)O[C@H](CO)[C@H](O)[C@@H]1O. The molecule has 0 radical (unpaired) electrons. The minimum atomic E-state index is -1.29.